The highest BCUT2D eigenvalue weighted by Crippen LogP contribution is 2.09. The van der Waals surface area contributed by atoms with E-state index in [2.05, 4.69) is 25.0 Å². The lowest BCUT2D eigenvalue weighted by atomic mass is 10.3. The fourth-order valence-electron chi connectivity index (χ4n) is 1.58. The first-order chi connectivity index (χ1) is 9.97. The van der Waals surface area contributed by atoms with Gasteiger partial charge in [0.05, 0.1) is 6.20 Å². The predicted octanol–water partition coefficient (Wildman–Crippen LogP) is 1.68. The molecule has 0 unspecified atom stereocenters. The number of para-hydroxylation sites is 2. The molecule has 1 aliphatic heterocycles. The van der Waals surface area contributed by atoms with Crippen LogP contribution < -0.4 is 10.6 Å². The molecule has 2 aromatic heterocycles. The lowest BCUT2D eigenvalue weighted by Gasteiger charge is -2.11. The number of hydrogen-bond donors (Lipinski definition) is 2. The van der Waals surface area contributed by atoms with E-state index >= 15 is 0 Å². The summed E-state index contributed by atoms with van der Waals surface area (Å²) in [5, 5.41) is 6.44. The minimum absolute atomic E-state index is 0.845. The third kappa shape index (κ3) is 5.21. The van der Waals surface area contributed by atoms with Gasteiger partial charge in [-0.05, 0) is 12.1 Å². The number of benzene rings is 1. The summed E-state index contributed by atoms with van der Waals surface area (Å²) in [5.74, 6) is 0. The molecule has 0 radical (unpaired) electrons. The third-order valence-corrected chi connectivity index (χ3v) is 2.54. The van der Waals surface area contributed by atoms with E-state index in [4.69, 9.17) is 4.42 Å². The predicted molar refractivity (Wildman–Crippen MR) is 76.3 cm³/mol. The Bertz CT molecular complexity index is 502. The van der Waals surface area contributed by atoms with Crippen molar-refractivity contribution in [2.75, 3.05) is 26.2 Å². The van der Waals surface area contributed by atoms with E-state index in [1.54, 1.807) is 6.20 Å². The summed E-state index contributed by atoms with van der Waals surface area (Å²) in [4.78, 5) is 7.51. The zero-order chi connectivity index (χ0) is 13.9. The smallest absolute Gasteiger partial charge is 0.181 e. The Labute approximate surface area is 117 Å². The lowest BCUT2D eigenvalue weighted by molar-refractivity contribution is 0.534. The average molecular weight is 274 g/mol. The Kier molecular flexibility index (Phi) is 6.29. The minimum Gasteiger partial charge on any atom is -0.452 e. The molecule has 6 heteroatoms. The second kappa shape index (κ2) is 8.84. The van der Waals surface area contributed by atoms with Gasteiger partial charge in [0.15, 0.2) is 18.4 Å². The minimum atomic E-state index is 0.845. The van der Waals surface area contributed by atoms with Crippen molar-refractivity contribution in [3.8, 4) is 0 Å². The van der Waals surface area contributed by atoms with Gasteiger partial charge in [0, 0.05) is 26.2 Å². The third-order valence-electron chi connectivity index (χ3n) is 2.54. The average Bonchev–Trinajstić information content (AvgIpc) is 3.24. The topological polar surface area (TPSA) is 76.1 Å². The van der Waals surface area contributed by atoms with E-state index in [9.17, 15) is 0 Å². The molecule has 1 fully saturated rings. The first kappa shape index (κ1) is 14.2. The second-order valence-corrected chi connectivity index (χ2v) is 4.00. The first-order valence-corrected chi connectivity index (χ1v) is 6.48. The molecule has 0 spiro atoms. The molecule has 1 aromatic carbocycles. The first-order valence-electron chi connectivity index (χ1n) is 6.48. The normalized spacial score (nSPS) is 13.8. The Morgan fingerprint density at radius 3 is 2.20 bits per heavy atom. The Morgan fingerprint density at radius 2 is 1.70 bits per heavy atom. The second-order valence-electron chi connectivity index (χ2n) is 4.00. The van der Waals surface area contributed by atoms with Crippen LogP contribution in [-0.4, -0.2) is 36.1 Å². The number of nitrogens with zero attached hydrogens (tertiary/aromatic N) is 2. The van der Waals surface area contributed by atoms with E-state index in [0.29, 0.717) is 0 Å². The van der Waals surface area contributed by atoms with Crippen LogP contribution in [0.5, 0.6) is 0 Å². The molecular formula is C14H18N4O2. The number of hydrogen-bond acceptors (Lipinski definition) is 6. The fraction of sp³-hybridized carbons (Fsp3) is 0.286. The number of piperazine rings is 1. The highest BCUT2D eigenvalue weighted by atomic mass is 16.3. The number of rotatable bonds is 0. The van der Waals surface area contributed by atoms with E-state index in [1.807, 2.05) is 24.3 Å². The van der Waals surface area contributed by atoms with Crippen molar-refractivity contribution >= 4 is 11.1 Å². The van der Waals surface area contributed by atoms with Crippen molar-refractivity contribution in [2.45, 2.75) is 0 Å². The zero-order valence-corrected chi connectivity index (χ0v) is 11.2. The van der Waals surface area contributed by atoms with Crippen LogP contribution in [0, 0.1) is 0 Å². The molecule has 106 valence electrons. The standard InChI is InChI=1S/C7H5NO.C4H10N2.C3H3NO/c1-2-4-7-6(3-1)8-5-9-7;1-2-6-4-3-5-1;1-2-5-3-4-1/h1-5H;5-6H,1-4H2;1-3H. The largest absolute Gasteiger partial charge is 0.452 e. The van der Waals surface area contributed by atoms with Gasteiger partial charge in [-0.1, -0.05) is 12.1 Å². The van der Waals surface area contributed by atoms with E-state index in [0.717, 1.165) is 37.3 Å². The molecule has 0 saturated carbocycles. The quantitative estimate of drug-likeness (QED) is 0.649. The molecule has 1 saturated heterocycles. The number of aromatic nitrogens is 2. The molecule has 0 amide bonds. The molecular weight excluding hydrogens is 256 g/mol. The van der Waals surface area contributed by atoms with Crippen LogP contribution in [0.3, 0.4) is 0 Å². The number of nitrogens with one attached hydrogen (secondary N) is 2. The van der Waals surface area contributed by atoms with Crippen LogP contribution in [0.2, 0.25) is 0 Å². The van der Waals surface area contributed by atoms with Crippen molar-refractivity contribution in [3.05, 3.63) is 49.5 Å². The van der Waals surface area contributed by atoms with Gasteiger partial charge in [-0.3, -0.25) is 0 Å². The number of oxazole rings is 2. The van der Waals surface area contributed by atoms with Gasteiger partial charge in [-0.2, -0.15) is 0 Å². The summed E-state index contributed by atoms with van der Waals surface area (Å²) < 4.78 is 9.48. The summed E-state index contributed by atoms with van der Waals surface area (Å²) in [6.45, 7) is 4.56. The summed E-state index contributed by atoms with van der Waals surface area (Å²) in [7, 11) is 0. The van der Waals surface area contributed by atoms with Crippen molar-refractivity contribution in [2.24, 2.45) is 0 Å². The molecule has 4 rings (SSSR count). The Hall–Kier alpha value is -2.18. The van der Waals surface area contributed by atoms with Crippen LogP contribution >= 0.6 is 0 Å². The van der Waals surface area contributed by atoms with Crippen LogP contribution in [0.15, 0.2) is 58.3 Å². The van der Waals surface area contributed by atoms with E-state index in [-0.39, 0.29) is 0 Å². The molecule has 3 heterocycles. The molecule has 0 bridgehead atoms. The highest BCUT2D eigenvalue weighted by Gasteiger charge is 1.92. The van der Waals surface area contributed by atoms with Crippen LogP contribution in [0.25, 0.3) is 11.1 Å². The van der Waals surface area contributed by atoms with Gasteiger partial charge in [0.1, 0.15) is 11.8 Å². The fourth-order valence-corrected chi connectivity index (χ4v) is 1.58. The summed E-state index contributed by atoms with van der Waals surface area (Å²) >= 11 is 0. The molecule has 1 aliphatic rings. The van der Waals surface area contributed by atoms with Gasteiger partial charge in [0.2, 0.25) is 0 Å². The maximum atomic E-state index is 5.01. The summed E-state index contributed by atoms with van der Waals surface area (Å²) in [5.41, 5.74) is 1.76. The Balaban J connectivity index is 0.000000117. The summed E-state index contributed by atoms with van der Waals surface area (Å²) in [6, 6.07) is 7.67. The monoisotopic (exact) mass is 274 g/mol. The lowest BCUT2D eigenvalue weighted by Crippen LogP contribution is -2.39. The summed E-state index contributed by atoms with van der Waals surface area (Å²) in [6.07, 6.45) is 5.92. The molecule has 2 N–H and O–H groups in total. The van der Waals surface area contributed by atoms with Gasteiger partial charge in [-0.25, -0.2) is 9.97 Å². The molecule has 0 aliphatic carbocycles. The van der Waals surface area contributed by atoms with Gasteiger partial charge < -0.3 is 19.5 Å². The maximum Gasteiger partial charge on any atom is 0.181 e. The highest BCUT2D eigenvalue weighted by molar-refractivity contribution is 5.71. The van der Waals surface area contributed by atoms with Crippen LogP contribution in [0.4, 0.5) is 0 Å². The van der Waals surface area contributed by atoms with Crippen LogP contribution in [0.1, 0.15) is 0 Å². The van der Waals surface area contributed by atoms with Crippen molar-refractivity contribution in [3.63, 3.8) is 0 Å². The number of fused-ring (bicyclic) bond motifs is 1. The van der Waals surface area contributed by atoms with Gasteiger partial charge in [-0.15, -0.1) is 0 Å². The van der Waals surface area contributed by atoms with Crippen molar-refractivity contribution in [1.29, 1.82) is 0 Å². The SMILES string of the molecule is C1CNCCN1.c1ccc2ocnc2c1.c1cocn1. The zero-order valence-electron chi connectivity index (χ0n) is 11.2. The Morgan fingerprint density at radius 1 is 0.950 bits per heavy atom. The van der Waals surface area contributed by atoms with Gasteiger partial charge in [0.25, 0.3) is 0 Å². The van der Waals surface area contributed by atoms with Crippen LogP contribution in [-0.2, 0) is 0 Å². The molecule has 0 atom stereocenters. The molecule has 20 heavy (non-hydrogen) atoms. The maximum absolute atomic E-state index is 5.01. The molecule has 6 nitrogen and oxygen atoms in total. The van der Waals surface area contributed by atoms with E-state index in [1.165, 1.54) is 19.1 Å². The molecule has 3 aromatic rings. The van der Waals surface area contributed by atoms with Gasteiger partial charge >= 0.3 is 0 Å². The van der Waals surface area contributed by atoms with Crippen molar-refractivity contribution < 1.29 is 8.83 Å². The van der Waals surface area contributed by atoms with E-state index < -0.39 is 0 Å². The van der Waals surface area contributed by atoms with Crippen molar-refractivity contribution in [1.82, 2.24) is 20.6 Å².